The van der Waals surface area contributed by atoms with Crippen LogP contribution in [0, 0.1) is 0 Å². The van der Waals surface area contributed by atoms with Crippen LogP contribution < -0.4 is 15.4 Å². The van der Waals surface area contributed by atoms with E-state index in [1.54, 1.807) is 18.2 Å². The van der Waals surface area contributed by atoms with Gasteiger partial charge in [-0.3, -0.25) is 9.59 Å². The monoisotopic (exact) mass is 324 g/mol. The molecule has 3 rings (SSSR count). The average Bonchev–Trinajstić information content (AvgIpc) is 2.95. The Morgan fingerprint density at radius 3 is 2.75 bits per heavy atom. The Morgan fingerprint density at radius 2 is 2.00 bits per heavy atom. The van der Waals surface area contributed by atoms with Gasteiger partial charge in [-0.05, 0) is 54.4 Å². The fraction of sp³-hybridized carbons (Fsp3) is 0.263. The molecule has 2 N–H and O–H groups in total. The molecule has 124 valence electrons. The van der Waals surface area contributed by atoms with Gasteiger partial charge in [0.15, 0.2) is 0 Å². The first kappa shape index (κ1) is 16.1. The van der Waals surface area contributed by atoms with Gasteiger partial charge in [0.25, 0.3) is 5.91 Å². The Labute approximate surface area is 141 Å². The number of nitrogens with one attached hydrogen (secondary N) is 2. The van der Waals surface area contributed by atoms with Crippen molar-refractivity contribution in [3.63, 3.8) is 0 Å². The van der Waals surface area contributed by atoms with E-state index in [1.165, 1.54) is 0 Å². The summed E-state index contributed by atoms with van der Waals surface area (Å²) in [4.78, 5) is 23.7. The van der Waals surface area contributed by atoms with E-state index >= 15 is 0 Å². The summed E-state index contributed by atoms with van der Waals surface area (Å²) in [6.45, 7) is 2.82. The number of unbranched alkanes of at least 4 members (excludes halogenated alkanes) is 1. The third-order valence-corrected chi connectivity index (χ3v) is 3.87. The van der Waals surface area contributed by atoms with Gasteiger partial charge in [-0.15, -0.1) is 0 Å². The zero-order valence-electron chi connectivity index (χ0n) is 13.6. The van der Waals surface area contributed by atoms with E-state index in [2.05, 4.69) is 17.6 Å². The highest BCUT2D eigenvalue weighted by Gasteiger charge is 2.19. The molecule has 24 heavy (non-hydrogen) atoms. The van der Waals surface area contributed by atoms with Crippen molar-refractivity contribution in [3.05, 3.63) is 53.6 Å². The van der Waals surface area contributed by atoms with Crippen molar-refractivity contribution in [3.8, 4) is 5.75 Å². The first-order valence-corrected chi connectivity index (χ1v) is 8.12. The summed E-state index contributed by atoms with van der Waals surface area (Å²) >= 11 is 0. The van der Waals surface area contributed by atoms with Crippen molar-refractivity contribution in [2.45, 2.75) is 26.2 Å². The van der Waals surface area contributed by atoms with E-state index in [4.69, 9.17) is 4.74 Å². The standard InChI is InChI=1S/C19H20N2O3/c1-2-3-10-24-16-7-5-15(6-8-16)20-19(23)13-4-9-17-14(11-13)12-18(22)21-17/h4-9,11H,2-3,10,12H2,1H3,(H,20,23)(H,21,22). The Hall–Kier alpha value is -2.82. The lowest BCUT2D eigenvalue weighted by Crippen LogP contribution is -2.12. The van der Waals surface area contributed by atoms with Gasteiger partial charge < -0.3 is 15.4 Å². The summed E-state index contributed by atoms with van der Waals surface area (Å²) < 4.78 is 5.60. The summed E-state index contributed by atoms with van der Waals surface area (Å²) in [6, 6.07) is 12.6. The average molecular weight is 324 g/mol. The molecule has 1 heterocycles. The lowest BCUT2D eigenvalue weighted by Gasteiger charge is -2.09. The Morgan fingerprint density at radius 1 is 1.21 bits per heavy atom. The molecule has 2 amide bonds. The molecule has 2 aromatic rings. The van der Waals surface area contributed by atoms with Crippen LogP contribution in [0.5, 0.6) is 5.75 Å². The molecule has 0 saturated heterocycles. The minimum atomic E-state index is -0.197. The number of anilines is 2. The maximum Gasteiger partial charge on any atom is 0.255 e. The zero-order valence-corrected chi connectivity index (χ0v) is 13.6. The van der Waals surface area contributed by atoms with Gasteiger partial charge in [-0.2, -0.15) is 0 Å². The first-order valence-electron chi connectivity index (χ1n) is 8.12. The molecule has 1 aliphatic rings. The summed E-state index contributed by atoms with van der Waals surface area (Å²) in [6.07, 6.45) is 2.43. The van der Waals surface area contributed by atoms with Crippen LogP contribution in [0.2, 0.25) is 0 Å². The highest BCUT2D eigenvalue weighted by molar-refractivity contribution is 6.06. The third-order valence-electron chi connectivity index (χ3n) is 3.87. The number of rotatable bonds is 6. The van der Waals surface area contributed by atoms with Gasteiger partial charge >= 0.3 is 0 Å². The number of carbonyl (C=O) groups excluding carboxylic acids is 2. The Kier molecular flexibility index (Phi) is 4.79. The smallest absolute Gasteiger partial charge is 0.255 e. The maximum atomic E-state index is 12.3. The van der Waals surface area contributed by atoms with Crippen molar-refractivity contribution in [2.24, 2.45) is 0 Å². The minimum absolute atomic E-state index is 0.0405. The van der Waals surface area contributed by atoms with E-state index in [9.17, 15) is 9.59 Å². The van der Waals surface area contributed by atoms with Gasteiger partial charge in [-0.25, -0.2) is 0 Å². The number of ether oxygens (including phenoxy) is 1. The molecule has 1 aliphatic heterocycles. The van der Waals surface area contributed by atoms with Crippen LogP contribution in [0.4, 0.5) is 11.4 Å². The Balaban J connectivity index is 1.62. The van der Waals surface area contributed by atoms with Crippen LogP contribution in [0.25, 0.3) is 0 Å². The molecule has 0 aliphatic carbocycles. The maximum absolute atomic E-state index is 12.3. The normalized spacial score (nSPS) is 12.5. The number of amides is 2. The van der Waals surface area contributed by atoms with Crippen LogP contribution in [0.15, 0.2) is 42.5 Å². The van der Waals surface area contributed by atoms with E-state index < -0.39 is 0 Å². The summed E-state index contributed by atoms with van der Waals surface area (Å²) in [5, 5.41) is 5.61. The molecule has 0 fully saturated rings. The molecular formula is C19H20N2O3. The minimum Gasteiger partial charge on any atom is -0.494 e. The highest BCUT2D eigenvalue weighted by Crippen LogP contribution is 2.24. The largest absolute Gasteiger partial charge is 0.494 e. The van der Waals surface area contributed by atoms with Crippen molar-refractivity contribution in [2.75, 3.05) is 17.2 Å². The molecule has 5 nitrogen and oxygen atoms in total. The topological polar surface area (TPSA) is 67.4 Å². The second-order valence-corrected chi connectivity index (χ2v) is 5.78. The lowest BCUT2D eigenvalue weighted by atomic mass is 10.1. The van der Waals surface area contributed by atoms with Crippen LogP contribution in [-0.4, -0.2) is 18.4 Å². The molecule has 0 unspecified atom stereocenters. The number of carbonyl (C=O) groups is 2. The van der Waals surface area contributed by atoms with Crippen LogP contribution in [0.1, 0.15) is 35.7 Å². The van der Waals surface area contributed by atoms with Crippen LogP contribution in [-0.2, 0) is 11.2 Å². The van der Waals surface area contributed by atoms with E-state index in [0.717, 1.165) is 29.8 Å². The van der Waals surface area contributed by atoms with Crippen molar-refractivity contribution >= 4 is 23.2 Å². The lowest BCUT2D eigenvalue weighted by molar-refractivity contribution is -0.115. The van der Waals surface area contributed by atoms with Crippen molar-refractivity contribution < 1.29 is 14.3 Å². The summed E-state index contributed by atoms with van der Waals surface area (Å²) in [5.74, 6) is 0.557. The molecular weight excluding hydrogens is 304 g/mol. The summed E-state index contributed by atoms with van der Waals surface area (Å²) in [7, 11) is 0. The SMILES string of the molecule is CCCCOc1ccc(NC(=O)c2ccc3c(c2)CC(=O)N3)cc1. The van der Waals surface area contributed by atoms with Gasteiger partial charge in [0, 0.05) is 16.9 Å². The first-order chi connectivity index (χ1) is 11.7. The van der Waals surface area contributed by atoms with E-state index in [0.29, 0.717) is 24.3 Å². The second kappa shape index (κ2) is 7.17. The predicted molar refractivity (Wildman–Crippen MR) is 93.6 cm³/mol. The Bertz CT molecular complexity index is 754. The molecule has 0 bridgehead atoms. The van der Waals surface area contributed by atoms with Crippen molar-refractivity contribution in [1.29, 1.82) is 0 Å². The fourth-order valence-electron chi connectivity index (χ4n) is 2.54. The number of fused-ring (bicyclic) bond motifs is 1. The molecule has 0 atom stereocenters. The number of benzene rings is 2. The van der Waals surface area contributed by atoms with Crippen LogP contribution in [0.3, 0.4) is 0 Å². The number of hydrogen-bond acceptors (Lipinski definition) is 3. The number of hydrogen-bond donors (Lipinski definition) is 2. The fourth-order valence-corrected chi connectivity index (χ4v) is 2.54. The van der Waals surface area contributed by atoms with Gasteiger partial charge in [-0.1, -0.05) is 13.3 Å². The van der Waals surface area contributed by atoms with Gasteiger partial charge in [0.2, 0.25) is 5.91 Å². The quantitative estimate of drug-likeness (QED) is 0.798. The van der Waals surface area contributed by atoms with Crippen molar-refractivity contribution in [1.82, 2.24) is 0 Å². The van der Waals surface area contributed by atoms with E-state index in [-0.39, 0.29) is 11.8 Å². The second-order valence-electron chi connectivity index (χ2n) is 5.78. The van der Waals surface area contributed by atoms with Gasteiger partial charge in [0.1, 0.15) is 5.75 Å². The predicted octanol–water partition coefficient (Wildman–Crippen LogP) is 3.61. The van der Waals surface area contributed by atoms with E-state index in [1.807, 2.05) is 24.3 Å². The molecule has 0 spiro atoms. The van der Waals surface area contributed by atoms with Crippen LogP contribution >= 0.6 is 0 Å². The summed E-state index contributed by atoms with van der Waals surface area (Å²) in [5.41, 5.74) is 2.88. The third kappa shape index (κ3) is 3.74. The molecule has 0 aromatic heterocycles. The highest BCUT2D eigenvalue weighted by atomic mass is 16.5. The molecule has 0 saturated carbocycles. The molecule has 2 aromatic carbocycles. The molecule has 5 heteroatoms. The van der Waals surface area contributed by atoms with Gasteiger partial charge in [0.05, 0.1) is 13.0 Å². The molecule has 0 radical (unpaired) electrons. The zero-order chi connectivity index (χ0) is 16.9.